The first-order chi connectivity index (χ1) is 13.2. The van der Waals surface area contributed by atoms with E-state index >= 15 is 0 Å². The van der Waals surface area contributed by atoms with Gasteiger partial charge < -0.3 is 4.90 Å². The van der Waals surface area contributed by atoms with Crippen molar-refractivity contribution in [2.24, 2.45) is 0 Å². The van der Waals surface area contributed by atoms with Gasteiger partial charge in [0.1, 0.15) is 0 Å². The van der Waals surface area contributed by atoms with Gasteiger partial charge in [0.2, 0.25) is 0 Å². The van der Waals surface area contributed by atoms with E-state index in [0.717, 1.165) is 25.0 Å². The van der Waals surface area contributed by atoms with Crippen LogP contribution in [0.1, 0.15) is 24.8 Å². The second-order valence-electron chi connectivity index (χ2n) is 7.41. The third kappa shape index (κ3) is 4.03. The van der Waals surface area contributed by atoms with Crippen molar-refractivity contribution in [2.45, 2.75) is 32.5 Å². The minimum Gasteiger partial charge on any atom is -0.372 e. The molecule has 2 aromatic carbocycles. The molecule has 4 rings (SSSR count). The zero-order valence-corrected chi connectivity index (χ0v) is 15.8. The van der Waals surface area contributed by atoms with Gasteiger partial charge in [0, 0.05) is 30.7 Å². The maximum Gasteiger partial charge on any atom is 0.275 e. The molecule has 3 aromatic rings. The molecule has 5 nitrogen and oxygen atoms in total. The minimum atomic E-state index is -0.0413. The summed E-state index contributed by atoms with van der Waals surface area (Å²) < 4.78 is 1.53. The number of rotatable bonds is 5. The number of anilines is 1. The lowest BCUT2D eigenvalue weighted by Crippen LogP contribution is -2.31. The number of nitrogens with zero attached hydrogens (tertiary/aromatic N) is 4. The van der Waals surface area contributed by atoms with E-state index in [-0.39, 0.29) is 5.56 Å². The van der Waals surface area contributed by atoms with Crippen LogP contribution in [0.5, 0.6) is 0 Å². The summed E-state index contributed by atoms with van der Waals surface area (Å²) in [5, 5.41) is 5.92. The molecule has 1 aliphatic heterocycles. The van der Waals surface area contributed by atoms with Crippen LogP contribution >= 0.6 is 0 Å². The van der Waals surface area contributed by atoms with Crippen molar-refractivity contribution in [1.82, 2.24) is 14.7 Å². The van der Waals surface area contributed by atoms with Gasteiger partial charge in [0.05, 0.1) is 18.3 Å². The Balaban J connectivity index is 1.42. The van der Waals surface area contributed by atoms with Crippen molar-refractivity contribution in [2.75, 3.05) is 25.0 Å². The molecule has 1 aliphatic rings. The van der Waals surface area contributed by atoms with Gasteiger partial charge in [-0.1, -0.05) is 30.3 Å². The number of fused-ring (bicyclic) bond motifs is 1. The highest BCUT2D eigenvalue weighted by molar-refractivity contribution is 5.80. The molecule has 0 aliphatic carbocycles. The molecule has 0 saturated carbocycles. The van der Waals surface area contributed by atoms with Crippen LogP contribution in [0, 0.1) is 0 Å². The second kappa shape index (κ2) is 7.92. The first kappa shape index (κ1) is 17.7. The Labute approximate surface area is 159 Å². The highest BCUT2D eigenvalue weighted by atomic mass is 16.1. The maximum atomic E-state index is 12.6. The molecule has 140 valence electrons. The first-order valence-electron chi connectivity index (χ1n) is 9.68. The fraction of sp³-hybridized carbons (Fsp3) is 0.364. The van der Waals surface area contributed by atoms with E-state index in [1.165, 1.54) is 35.2 Å². The largest absolute Gasteiger partial charge is 0.372 e. The molecule has 0 unspecified atom stereocenters. The van der Waals surface area contributed by atoms with Crippen LogP contribution < -0.4 is 10.5 Å². The monoisotopic (exact) mass is 362 g/mol. The second-order valence-corrected chi connectivity index (χ2v) is 7.41. The highest BCUT2D eigenvalue weighted by Gasteiger charge is 2.11. The van der Waals surface area contributed by atoms with E-state index in [4.69, 9.17) is 0 Å². The van der Waals surface area contributed by atoms with Crippen molar-refractivity contribution >= 4 is 16.5 Å². The Kier molecular flexibility index (Phi) is 5.21. The molecule has 1 aromatic heterocycles. The summed E-state index contributed by atoms with van der Waals surface area (Å²) in [4.78, 5) is 17.2. The predicted molar refractivity (Wildman–Crippen MR) is 110 cm³/mol. The van der Waals surface area contributed by atoms with Crippen LogP contribution in [-0.4, -0.2) is 34.8 Å². The summed E-state index contributed by atoms with van der Waals surface area (Å²) in [7, 11) is 2.02. The van der Waals surface area contributed by atoms with Gasteiger partial charge >= 0.3 is 0 Å². The Hall–Kier alpha value is -2.66. The number of benzene rings is 2. The van der Waals surface area contributed by atoms with Gasteiger partial charge in [0.15, 0.2) is 0 Å². The van der Waals surface area contributed by atoms with Crippen molar-refractivity contribution in [3.8, 4) is 0 Å². The van der Waals surface area contributed by atoms with Gasteiger partial charge in [-0.05, 0) is 50.1 Å². The van der Waals surface area contributed by atoms with E-state index < -0.39 is 0 Å². The SMILES string of the molecule is CN(Cc1ccc(N2CCCCC2)cc1)Cn1ncc2ccccc2c1=O. The smallest absolute Gasteiger partial charge is 0.275 e. The van der Waals surface area contributed by atoms with Crippen LogP contribution in [-0.2, 0) is 13.2 Å². The van der Waals surface area contributed by atoms with Crippen LogP contribution in [0.25, 0.3) is 10.8 Å². The molecule has 0 amide bonds. The average Bonchev–Trinajstić information content (AvgIpc) is 2.71. The fourth-order valence-electron chi connectivity index (χ4n) is 3.78. The summed E-state index contributed by atoms with van der Waals surface area (Å²) >= 11 is 0. The van der Waals surface area contributed by atoms with Crippen LogP contribution in [0.2, 0.25) is 0 Å². The Morgan fingerprint density at radius 2 is 1.74 bits per heavy atom. The number of hydrogen-bond donors (Lipinski definition) is 0. The summed E-state index contributed by atoms with van der Waals surface area (Å²) in [5.41, 5.74) is 2.51. The van der Waals surface area contributed by atoms with Gasteiger partial charge in [-0.25, -0.2) is 4.68 Å². The number of aromatic nitrogens is 2. The van der Waals surface area contributed by atoms with Crippen LogP contribution in [0.3, 0.4) is 0 Å². The Bertz CT molecular complexity index is 958. The van der Waals surface area contributed by atoms with Crippen LogP contribution in [0.15, 0.2) is 59.5 Å². The zero-order chi connectivity index (χ0) is 18.6. The number of hydrogen-bond acceptors (Lipinski definition) is 4. The minimum absolute atomic E-state index is 0.0413. The Morgan fingerprint density at radius 1 is 1.00 bits per heavy atom. The summed E-state index contributed by atoms with van der Waals surface area (Å²) in [6.45, 7) is 3.57. The summed E-state index contributed by atoms with van der Waals surface area (Å²) in [5.74, 6) is 0. The number of piperidine rings is 1. The molecule has 0 spiro atoms. The van der Waals surface area contributed by atoms with Crippen molar-refractivity contribution in [1.29, 1.82) is 0 Å². The van der Waals surface area contributed by atoms with Crippen molar-refractivity contribution in [3.05, 3.63) is 70.6 Å². The quantitative estimate of drug-likeness (QED) is 0.697. The molecule has 0 radical (unpaired) electrons. The van der Waals surface area contributed by atoms with Crippen LogP contribution in [0.4, 0.5) is 5.69 Å². The van der Waals surface area contributed by atoms with Gasteiger partial charge in [-0.2, -0.15) is 5.10 Å². The molecule has 27 heavy (non-hydrogen) atoms. The predicted octanol–water partition coefficient (Wildman–Crippen LogP) is 3.48. The van der Waals surface area contributed by atoms with Gasteiger partial charge in [-0.15, -0.1) is 0 Å². The van der Waals surface area contributed by atoms with Crippen molar-refractivity contribution < 1.29 is 0 Å². The molecule has 5 heteroatoms. The maximum absolute atomic E-state index is 12.6. The molecule has 2 heterocycles. The molecular weight excluding hydrogens is 336 g/mol. The molecule has 0 N–H and O–H groups in total. The molecule has 1 saturated heterocycles. The first-order valence-corrected chi connectivity index (χ1v) is 9.68. The molecule has 1 fully saturated rings. The van der Waals surface area contributed by atoms with Gasteiger partial charge in [-0.3, -0.25) is 9.69 Å². The van der Waals surface area contributed by atoms with E-state index in [2.05, 4.69) is 39.2 Å². The summed E-state index contributed by atoms with van der Waals surface area (Å²) in [6.07, 6.45) is 5.69. The summed E-state index contributed by atoms with van der Waals surface area (Å²) in [6, 6.07) is 16.4. The Morgan fingerprint density at radius 3 is 2.52 bits per heavy atom. The third-order valence-electron chi connectivity index (χ3n) is 5.25. The lowest BCUT2D eigenvalue weighted by atomic mass is 10.1. The lowest BCUT2D eigenvalue weighted by Gasteiger charge is -2.29. The molecule has 0 atom stereocenters. The lowest BCUT2D eigenvalue weighted by molar-refractivity contribution is 0.241. The molecule has 0 bridgehead atoms. The zero-order valence-electron chi connectivity index (χ0n) is 15.8. The topological polar surface area (TPSA) is 41.4 Å². The van der Waals surface area contributed by atoms with Gasteiger partial charge in [0.25, 0.3) is 5.56 Å². The third-order valence-corrected chi connectivity index (χ3v) is 5.25. The standard InChI is InChI=1S/C22H26N4O/c1-24(17-26-22(27)21-8-4-3-7-19(21)15-23-26)16-18-9-11-20(12-10-18)25-13-5-2-6-14-25/h3-4,7-12,15H,2,5-6,13-14,16-17H2,1H3. The highest BCUT2D eigenvalue weighted by Crippen LogP contribution is 2.20. The average molecular weight is 362 g/mol. The van der Waals surface area contributed by atoms with E-state index in [0.29, 0.717) is 12.1 Å². The van der Waals surface area contributed by atoms with E-state index in [1.54, 1.807) is 6.20 Å². The molecular formula is C22H26N4O. The fourth-order valence-corrected chi connectivity index (χ4v) is 3.78. The van der Waals surface area contributed by atoms with E-state index in [1.807, 2.05) is 31.3 Å². The van der Waals surface area contributed by atoms with Crippen molar-refractivity contribution in [3.63, 3.8) is 0 Å². The normalized spacial score (nSPS) is 14.8. The van der Waals surface area contributed by atoms with E-state index in [9.17, 15) is 4.79 Å².